The van der Waals surface area contributed by atoms with Gasteiger partial charge in [0, 0.05) is 24.2 Å². The molecule has 0 saturated heterocycles. The van der Waals surface area contributed by atoms with Crippen molar-refractivity contribution in [2.75, 3.05) is 5.32 Å². The second kappa shape index (κ2) is 6.41. The van der Waals surface area contributed by atoms with Crippen molar-refractivity contribution in [2.24, 2.45) is 17.8 Å². The molecule has 26 heavy (non-hydrogen) atoms. The van der Waals surface area contributed by atoms with Crippen LogP contribution in [0.3, 0.4) is 0 Å². The van der Waals surface area contributed by atoms with Gasteiger partial charge in [0.15, 0.2) is 0 Å². The fraction of sp³-hybridized carbons (Fsp3) is 0.600. The van der Waals surface area contributed by atoms with Crippen LogP contribution in [-0.2, 0) is 16.6 Å². The van der Waals surface area contributed by atoms with Crippen molar-refractivity contribution in [1.82, 2.24) is 15.2 Å². The molecule has 0 radical (unpaired) electrons. The minimum Gasteiger partial charge on any atom is -0.301 e. The van der Waals surface area contributed by atoms with Gasteiger partial charge in [0.05, 0.1) is 0 Å². The molecule has 2 aromatic rings. The summed E-state index contributed by atoms with van der Waals surface area (Å²) in [6, 6.07) is 3.90. The molecule has 5 nitrogen and oxygen atoms in total. The van der Waals surface area contributed by atoms with Crippen LogP contribution >= 0.6 is 11.3 Å². The number of hydrogen-bond donors (Lipinski definition) is 1. The van der Waals surface area contributed by atoms with E-state index < -0.39 is 0 Å². The van der Waals surface area contributed by atoms with Crippen LogP contribution in [0.15, 0.2) is 24.5 Å². The van der Waals surface area contributed by atoms with E-state index in [2.05, 4.69) is 20.5 Å². The van der Waals surface area contributed by atoms with Gasteiger partial charge < -0.3 is 5.32 Å². The van der Waals surface area contributed by atoms with Crippen molar-refractivity contribution in [3.8, 4) is 0 Å². The van der Waals surface area contributed by atoms with Crippen LogP contribution in [0.5, 0.6) is 0 Å². The Kier molecular flexibility index (Phi) is 4.03. The SMILES string of the molecule is O=C(CCc1ccncc1)Nc1nnc(C23CC4CC(CC(C4)C2)C3)s1. The minimum absolute atomic E-state index is 0.00928. The standard InChI is InChI=1S/C20H24N4OS/c25-17(2-1-13-3-5-21-6-4-13)22-19-24-23-18(26-19)20-10-14-7-15(11-20)9-16(8-14)12-20/h3-6,14-16H,1-2,7-12H2,(H,22,24,25). The van der Waals surface area contributed by atoms with Gasteiger partial charge in [-0.2, -0.15) is 0 Å². The average Bonchev–Trinajstić information content (AvgIpc) is 3.09. The maximum Gasteiger partial charge on any atom is 0.226 e. The molecule has 2 heterocycles. The summed E-state index contributed by atoms with van der Waals surface area (Å²) >= 11 is 1.61. The van der Waals surface area contributed by atoms with Gasteiger partial charge in [-0.05, 0) is 80.4 Å². The van der Waals surface area contributed by atoms with Crippen molar-refractivity contribution >= 4 is 22.4 Å². The fourth-order valence-electron chi connectivity index (χ4n) is 5.85. The second-order valence-electron chi connectivity index (χ2n) is 8.51. The summed E-state index contributed by atoms with van der Waals surface area (Å²) in [6.07, 6.45) is 12.8. The molecule has 6 rings (SSSR count). The second-order valence-corrected chi connectivity index (χ2v) is 9.49. The van der Waals surface area contributed by atoms with Crippen molar-refractivity contribution in [3.05, 3.63) is 35.1 Å². The zero-order chi connectivity index (χ0) is 17.6. The Hall–Kier alpha value is -1.82. The number of aromatic nitrogens is 3. The molecule has 0 spiro atoms. The number of aryl methyl sites for hydroxylation is 1. The number of nitrogens with zero attached hydrogens (tertiary/aromatic N) is 3. The molecular formula is C20H24N4OS. The van der Waals surface area contributed by atoms with Crippen LogP contribution in [0.2, 0.25) is 0 Å². The molecule has 136 valence electrons. The van der Waals surface area contributed by atoms with Gasteiger partial charge >= 0.3 is 0 Å². The predicted octanol–water partition coefficient (Wildman–Crippen LogP) is 3.97. The summed E-state index contributed by atoms with van der Waals surface area (Å²) in [4.78, 5) is 16.3. The Morgan fingerprint density at radius 1 is 1.08 bits per heavy atom. The molecule has 4 fully saturated rings. The molecule has 2 aromatic heterocycles. The summed E-state index contributed by atoms with van der Waals surface area (Å²) in [5.41, 5.74) is 1.38. The van der Waals surface area contributed by atoms with Crippen LogP contribution < -0.4 is 5.32 Å². The molecule has 0 aliphatic heterocycles. The first-order chi connectivity index (χ1) is 12.7. The molecule has 4 aliphatic carbocycles. The van der Waals surface area contributed by atoms with Crippen molar-refractivity contribution < 1.29 is 4.79 Å². The molecule has 6 heteroatoms. The quantitative estimate of drug-likeness (QED) is 0.867. The zero-order valence-corrected chi connectivity index (χ0v) is 15.7. The van der Waals surface area contributed by atoms with E-state index in [1.54, 1.807) is 23.7 Å². The number of anilines is 1. The first-order valence-electron chi connectivity index (χ1n) is 9.71. The maximum absolute atomic E-state index is 12.3. The first-order valence-corrected chi connectivity index (χ1v) is 10.5. The lowest BCUT2D eigenvalue weighted by molar-refractivity contribution is -0.116. The van der Waals surface area contributed by atoms with E-state index in [0.717, 1.165) is 29.7 Å². The molecule has 0 aromatic carbocycles. The number of nitrogens with one attached hydrogen (secondary N) is 1. The molecule has 1 N–H and O–H groups in total. The number of rotatable bonds is 5. The third-order valence-corrected chi connectivity index (χ3v) is 7.64. The Balaban J connectivity index is 1.24. The highest BCUT2D eigenvalue weighted by atomic mass is 32.1. The van der Waals surface area contributed by atoms with E-state index >= 15 is 0 Å². The Morgan fingerprint density at radius 3 is 2.38 bits per heavy atom. The van der Waals surface area contributed by atoms with Gasteiger partial charge in [-0.3, -0.25) is 9.78 Å². The normalized spacial score (nSPS) is 31.9. The van der Waals surface area contributed by atoms with Crippen LogP contribution in [-0.4, -0.2) is 21.1 Å². The van der Waals surface area contributed by atoms with E-state index in [0.29, 0.717) is 11.6 Å². The minimum atomic E-state index is 0.00928. The number of carbonyl (C=O) groups excluding carboxylic acids is 1. The molecule has 0 unspecified atom stereocenters. The highest BCUT2D eigenvalue weighted by Crippen LogP contribution is 2.61. The van der Waals surface area contributed by atoms with Crippen molar-refractivity contribution in [2.45, 2.75) is 56.8 Å². The Morgan fingerprint density at radius 2 is 1.73 bits per heavy atom. The van der Waals surface area contributed by atoms with Gasteiger partial charge in [0.25, 0.3) is 0 Å². The lowest BCUT2D eigenvalue weighted by Crippen LogP contribution is -2.48. The van der Waals surface area contributed by atoms with Gasteiger partial charge in [-0.1, -0.05) is 11.3 Å². The number of hydrogen-bond acceptors (Lipinski definition) is 5. The lowest BCUT2D eigenvalue weighted by atomic mass is 9.50. The number of pyridine rings is 1. The summed E-state index contributed by atoms with van der Waals surface area (Å²) in [6.45, 7) is 0. The summed E-state index contributed by atoms with van der Waals surface area (Å²) in [5.74, 6) is 2.69. The van der Waals surface area contributed by atoms with Gasteiger partial charge in [0.2, 0.25) is 11.0 Å². The van der Waals surface area contributed by atoms with Crippen LogP contribution in [0, 0.1) is 17.8 Å². The Labute approximate surface area is 157 Å². The number of amides is 1. The van der Waals surface area contributed by atoms with E-state index in [4.69, 9.17) is 0 Å². The number of carbonyl (C=O) groups is 1. The van der Waals surface area contributed by atoms with E-state index in [9.17, 15) is 4.79 Å². The summed E-state index contributed by atoms with van der Waals surface area (Å²) < 4.78 is 0. The smallest absolute Gasteiger partial charge is 0.226 e. The molecular weight excluding hydrogens is 344 g/mol. The first kappa shape index (κ1) is 16.4. The predicted molar refractivity (Wildman–Crippen MR) is 101 cm³/mol. The molecule has 1 amide bonds. The van der Waals surface area contributed by atoms with Gasteiger partial charge in [-0.25, -0.2) is 0 Å². The van der Waals surface area contributed by atoms with Crippen LogP contribution in [0.4, 0.5) is 5.13 Å². The van der Waals surface area contributed by atoms with Crippen LogP contribution in [0.25, 0.3) is 0 Å². The highest BCUT2D eigenvalue weighted by molar-refractivity contribution is 7.15. The average molecular weight is 369 g/mol. The zero-order valence-electron chi connectivity index (χ0n) is 14.9. The third kappa shape index (κ3) is 3.04. The highest BCUT2D eigenvalue weighted by Gasteiger charge is 2.53. The van der Waals surface area contributed by atoms with E-state index in [1.165, 1.54) is 43.5 Å². The molecule has 0 atom stereocenters. The van der Waals surface area contributed by atoms with E-state index in [1.807, 2.05) is 12.1 Å². The fourth-order valence-corrected chi connectivity index (χ4v) is 6.83. The monoisotopic (exact) mass is 368 g/mol. The van der Waals surface area contributed by atoms with Crippen molar-refractivity contribution in [3.63, 3.8) is 0 Å². The lowest BCUT2D eigenvalue weighted by Gasteiger charge is -2.55. The van der Waals surface area contributed by atoms with Crippen LogP contribution in [0.1, 0.15) is 55.5 Å². The summed E-state index contributed by atoms with van der Waals surface area (Å²) in [5, 5.41) is 13.6. The van der Waals surface area contributed by atoms with E-state index in [-0.39, 0.29) is 11.3 Å². The third-order valence-electron chi connectivity index (χ3n) is 6.55. The Bertz CT molecular complexity index is 768. The van der Waals surface area contributed by atoms with Gasteiger partial charge in [-0.15, -0.1) is 10.2 Å². The van der Waals surface area contributed by atoms with Gasteiger partial charge in [0.1, 0.15) is 5.01 Å². The molecule has 4 bridgehead atoms. The van der Waals surface area contributed by atoms with Crippen molar-refractivity contribution in [1.29, 1.82) is 0 Å². The molecule has 4 aliphatic rings. The maximum atomic E-state index is 12.3. The largest absolute Gasteiger partial charge is 0.301 e. The molecule has 4 saturated carbocycles. The summed E-state index contributed by atoms with van der Waals surface area (Å²) in [7, 11) is 0. The topological polar surface area (TPSA) is 67.8 Å².